The van der Waals surface area contributed by atoms with Crippen LogP contribution in [0.4, 0.5) is 0 Å². The van der Waals surface area contributed by atoms with E-state index in [0.717, 1.165) is 0 Å². The summed E-state index contributed by atoms with van der Waals surface area (Å²) in [7, 11) is 1.84. The molecule has 0 bridgehead atoms. The van der Waals surface area contributed by atoms with Crippen molar-refractivity contribution < 1.29 is 26.5 Å². The van der Waals surface area contributed by atoms with Crippen molar-refractivity contribution in [2.75, 3.05) is 7.11 Å². The average molecular weight is 330 g/mol. The van der Waals surface area contributed by atoms with Crippen LogP contribution < -0.4 is 0 Å². The van der Waals surface area contributed by atoms with Gasteiger partial charge in [0.1, 0.15) is 0 Å². The molecule has 0 N–H and O–H groups in total. The second kappa shape index (κ2) is 6.59. The quantitative estimate of drug-likeness (QED) is 0.740. The van der Waals surface area contributed by atoms with Crippen LogP contribution in [0.25, 0.3) is 0 Å². The summed E-state index contributed by atoms with van der Waals surface area (Å²) in [6.45, 7) is 11.4. The number of halogens is 2. The molecule has 0 heterocycles. The largest absolute Gasteiger partial charge is 0.147 e. The molecular weight excluding hydrogens is 310 g/mol. The van der Waals surface area contributed by atoms with Crippen molar-refractivity contribution in [3.8, 4) is 0 Å². The summed E-state index contributed by atoms with van der Waals surface area (Å²) in [5.74, 6) is 0. The van der Waals surface area contributed by atoms with Crippen molar-refractivity contribution in [1.82, 2.24) is 0 Å². The van der Waals surface area contributed by atoms with Crippen molar-refractivity contribution in [3.05, 3.63) is 20.0 Å². The monoisotopic (exact) mass is 328 g/mol. The fourth-order valence-corrected chi connectivity index (χ4v) is 4.33. The standard InChI is InChI=1S/C10H15.CH3O.2ClH.Zr/c1-7-6-10(4,5)9(3)8(7)2;1-2;;;/h1-5H3;1H3;2*1H;/q;-1;;;+1. The Kier molecular flexibility index (Phi) is 8.03. The van der Waals surface area contributed by atoms with Crippen LogP contribution >= 0.6 is 24.8 Å². The first-order valence-electron chi connectivity index (χ1n) is 4.61. The molecule has 0 aromatic carbocycles. The predicted molar refractivity (Wildman–Crippen MR) is 66.4 cm³/mol. The minimum atomic E-state index is -0.756. The van der Waals surface area contributed by atoms with E-state index in [4.69, 9.17) is 2.81 Å². The van der Waals surface area contributed by atoms with Gasteiger partial charge >= 0.3 is 93.6 Å². The minimum Gasteiger partial charge on any atom is -0.147 e. The van der Waals surface area contributed by atoms with Gasteiger partial charge in [0.2, 0.25) is 0 Å². The molecule has 0 aromatic rings. The van der Waals surface area contributed by atoms with Gasteiger partial charge < -0.3 is 0 Å². The molecule has 0 saturated carbocycles. The van der Waals surface area contributed by atoms with Crippen molar-refractivity contribution in [2.45, 2.75) is 34.6 Å². The maximum atomic E-state index is 5.41. The summed E-state index contributed by atoms with van der Waals surface area (Å²) in [6.07, 6.45) is 0. The van der Waals surface area contributed by atoms with E-state index < -0.39 is 23.7 Å². The van der Waals surface area contributed by atoms with Crippen LogP contribution in [0.5, 0.6) is 0 Å². The fraction of sp³-hybridized carbons (Fsp3) is 0.636. The zero-order valence-corrected chi connectivity index (χ0v) is 14.3. The van der Waals surface area contributed by atoms with Crippen LogP contribution in [0.15, 0.2) is 20.0 Å². The Bertz CT molecular complexity index is 293. The van der Waals surface area contributed by atoms with E-state index in [1.165, 1.54) is 16.7 Å². The van der Waals surface area contributed by atoms with Crippen LogP contribution in [-0.2, 0) is 26.5 Å². The first kappa shape index (κ1) is 18.3. The summed E-state index contributed by atoms with van der Waals surface area (Å²) < 4.78 is 7.02. The first-order valence-corrected chi connectivity index (χ1v) is 6.84. The Morgan fingerprint density at radius 2 is 1.47 bits per heavy atom. The van der Waals surface area contributed by atoms with Gasteiger partial charge in [-0.15, -0.1) is 24.8 Å². The summed E-state index contributed by atoms with van der Waals surface area (Å²) in [6, 6.07) is 0. The second-order valence-electron chi connectivity index (χ2n) is 4.18. The van der Waals surface area contributed by atoms with E-state index in [1.54, 1.807) is 3.28 Å². The summed E-state index contributed by atoms with van der Waals surface area (Å²) in [5.41, 5.74) is 4.78. The Hall–Kier alpha value is 0.903. The van der Waals surface area contributed by atoms with Gasteiger partial charge in [-0.2, -0.15) is 0 Å². The molecule has 1 rings (SSSR count). The van der Waals surface area contributed by atoms with E-state index in [2.05, 4.69) is 34.6 Å². The van der Waals surface area contributed by atoms with Gasteiger partial charge in [-0.1, -0.05) is 0 Å². The summed E-state index contributed by atoms with van der Waals surface area (Å²) >= 11 is -0.756. The molecule has 0 spiro atoms. The smallest absolute Gasteiger partial charge is 0.147 e. The molecule has 0 unspecified atom stereocenters. The molecule has 0 atom stereocenters. The van der Waals surface area contributed by atoms with E-state index in [-0.39, 0.29) is 30.2 Å². The summed E-state index contributed by atoms with van der Waals surface area (Å²) in [5, 5.41) is 0. The molecule has 0 aliphatic heterocycles. The van der Waals surface area contributed by atoms with Gasteiger partial charge in [0.15, 0.2) is 0 Å². The van der Waals surface area contributed by atoms with Crippen LogP contribution in [0.1, 0.15) is 34.6 Å². The van der Waals surface area contributed by atoms with Crippen molar-refractivity contribution >= 4 is 24.8 Å². The maximum Gasteiger partial charge on any atom is -0.147 e. The van der Waals surface area contributed by atoms with Crippen molar-refractivity contribution in [3.63, 3.8) is 0 Å². The zero-order chi connectivity index (χ0) is 10.2. The SMILES string of the molecule is C[O][Zr][C]1=C(C)C(C)=C(C)C1(C)C.Cl.Cl. The Morgan fingerprint density at radius 3 is 1.73 bits per heavy atom. The van der Waals surface area contributed by atoms with Crippen LogP contribution in [0, 0.1) is 5.41 Å². The van der Waals surface area contributed by atoms with Crippen molar-refractivity contribution in [1.29, 1.82) is 0 Å². The molecule has 4 heteroatoms. The third kappa shape index (κ3) is 3.19. The topological polar surface area (TPSA) is 9.23 Å². The van der Waals surface area contributed by atoms with Gasteiger partial charge in [0, 0.05) is 0 Å². The second-order valence-corrected chi connectivity index (χ2v) is 6.92. The Balaban J connectivity index is 0. The minimum absolute atomic E-state index is 0. The van der Waals surface area contributed by atoms with Gasteiger partial charge in [-0.3, -0.25) is 0 Å². The molecule has 0 aromatic heterocycles. The van der Waals surface area contributed by atoms with E-state index in [1.807, 2.05) is 7.11 Å². The Morgan fingerprint density at radius 1 is 1.00 bits per heavy atom. The van der Waals surface area contributed by atoms with Gasteiger partial charge in [0.05, 0.1) is 0 Å². The third-order valence-electron chi connectivity index (χ3n) is 3.27. The number of allylic oxidation sites excluding steroid dienone is 4. The molecule has 15 heavy (non-hydrogen) atoms. The van der Waals surface area contributed by atoms with Crippen LogP contribution in [-0.4, -0.2) is 7.11 Å². The normalized spacial score (nSPS) is 18.5. The molecule has 0 amide bonds. The third-order valence-corrected chi connectivity index (χ3v) is 6.73. The molecule has 0 radical (unpaired) electrons. The van der Waals surface area contributed by atoms with Gasteiger partial charge in [0.25, 0.3) is 0 Å². The van der Waals surface area contributed by atoms with Crippen LogP contribution in [0.2, 0.25) is 0 Å². The molecular formula is C11H20Cl2OZr. The van der Waals surface area contributed by atoms with E-state index in [0.29, 0.717) is 0 Å². The van der Waals surface area contributed by atoms with E-state index >= 15 is 0 Å². The number of hydrogen-bond acceptors (Lipinski definition) is 1. The molecule has 88 valence electrons. The molecule has 0 fully saturated rings. The Labute approximate surface area is 118 Å². The fourth-order valence-electron chi connectivity index (χ4n) is 1.90. The van der Waals surface area contributed by atoms with Crippen molar-refractivity contribution in [2.24, 2.45) is 5.41 Å². The summed E-state index contributed by atoms with van der Waals surface area (Å²) in [4.78, 5) is 0. The predicted octanol–water partition coefficient (Wildman–Crippen LogP) is 4.12. The van der Waals surface area contributed by atoms with E-state index in [9.17, 15) is 0 Å². The number of hydrogen-bond donors (Lipinski definition) is 0. The molecule has 1 aliphatic carbocycles. The van der Waals surface area contributed by atoms with Gasteiger partial charge in [-0.05, 0) is 0 Å². The number of rotatable bonds is 2. The zero-order valence-electron chi connectivity index (χ0n) is 10.2. The molecule has 1 nitrogen and oxygen atoms in total. The molecule has 0 saturated heterocycles. The first-order chi connectivity index (χ1) is 5.92. The maximum absolute atomic E-state index is 5.41. The van der Waals surface area contributed by atoms with Gasteiger partial charge in [-0.25, -0.2) is 0 Å². The molecule has 1 aliphatic rings. The van der Waals surface area contributed by atoms with Crippen LogP contribution in [0.3, 0.4) is 0 Å². The average Bonchev–Trinajstić information content (AvgIpc) is 2.20.